The van der Waals surface area contributed by atoms with E-state index in [1.54, 1.807) is 6.08 Å². The van der Waals surface area contributed by atoms with E-state index in [1.807, 2.05) is 13.1 Å². The maximum absolute atomic E-state index is 11.3. The zero-order chi connectivity index (χ0) is 20.7. The van der Waals surface area contributed by atoms with E-state index in [9.17, 15) is 9.90 Å². The molecule has 0 aromatic heterocycles. The number of hydrogen-bond donors (Lipinski definition) is 1. The number of carbonyl (C=O) groups is 1. The monoisotopic (exact) mass is 398 g/mol. The van der Waals surface area contributed by atoms with Crippen molar-refractivity contribution < 1.29 is 14.3 Å². The fraction of sp³-hybridized carbons (Fsp3) is 0.458. The van der Waals surface area contributed by atoms with E-state index >= 15 is 0 Å². The van der Waals surface area contributed by atoms with Crippen LogP contribution in [0.2, 0.25) is 13.1 Å². The first kappa shape index (κ1) is 22.2. The van der Waals surface area contributed by atoms with Crippen LogP contribution in [0.3, 0.4) is 0 Å². The third-order valence-electron chi connectivity index (χ3n) is 5.07. The maximum atomic E-state index is 11.3. The molecule has 152 valence electrons. The number of benzene rings is 2. The number of allylic oxidation sites excluding steroid dienone is 1. The molecule has 0 fully saturated rings. The van der Waals surface area contributed by atoms with E-state index in [4.69, 9.17) is 4.43 Å². The molecule has 0 amide bonds. The molecule has 0 saturated heterocycles. The Morgan fingerprint density at radius 2 is 1.79 bits per heavy atom. The molecular weight excluding hydrogens is 364 g/mol. The van der Waals surface area contributed by atoms with Crippen molar-refractivity contribution in [2.75, 3.05) is 0 Å². The molecule has 0 radical (unpaired) electrons. The molecule has 0 heterocycles. The third-order valence-corrected chi connectivity index (χ3v) is 5.80. The summed E-state index contributed by atoms with van der Waals surface area (Å²) in [4.78, 5) is 11.3. The summed E-state index contributed by atoms with van der Waals surface area (Å²) in [7, 11) is -1.39. The van der Waals surface area contributed by atoms with Gasteiger partial charge in [0.15, 0.2) is 5.76 Å². The minimum absolute atomic E-state index is 0.128. The Labute approximate surface area is 171 Å². The molecule has 0 saturated carbocycles. The Balaban J connectivity index is 2.02. The van der Waals surface area contributed by atoms with Gasteiger partial charge >= 0.3 is 5.97 Å². The van der Waals surface area contributed by atoms with E-state index in [1.165, 1.54) is 16.3 Å². The molecule has 1 unspecified atom stereocenters. The molecule has 28 heavy (non-hydrogen) atoms. The molecule has 0 aliphatic rings. The van der Waals surface area contributed by atoms with Gasteiger partial charge in [0.2, 0.25) is 9.04 Å². The van der Waals surface area contributed by atoms with Gasteiger partial charge in [-0.15, -0.1) is 0 Å². The molecule has 2 aromatic carbocycles. The lowest BCUT2D eigenvalue weighted by Gasteiger charge is -2.31. The topological polar surface area (TPSA) is 46.5 Å². The molecule has 1 atom stereocenters. The second-order valence-corrected chi connectivity index (χ2v) is 11.2. The average Bonchev–Trinajstić information content (AvgIpc) is 2.61. The molecule has 2 rings (SSSR count). The van der Waals surface area contributed by atoms with Crippen LogP contribution in [0.1, 0.15) is 57.9 Å². The van der Waals surface area contributed by atoms with Gasteiger partial charge in [-0.05, 0) is 66.1 Å². The van der Waals surface area contributed by atoms with Crippen LogP contribution in [0.15, 0.2) is 54.3 Å². The van der Waals surface area contributed by atoms with Gasteiger partial charge in [-0.3, -0.25) is 0 Å². The lowest BCUT2D eigenvalue weighted by atomic mass is 9.73. The third kappa shape index (κ3) is 6.52. The highest BCUT2D eigenvalue weighted by Crippen LogP contribution is 2.40. The van der Waals surface area contributed by atoms with Crippen molar-refractivity contribution in [3.63, 3.8) is 0 Å². The van der Waals surface area contributed by atoms with Crippen LogP contribution in [0.25, 0.3) is 10.8 Å². The zero-order valence-corrected chi connectivity index (χ0v) is 19.0. The minimum Gasteiger partial charge on any atom is -0.542 e. The Morgan fingerprint density at radius 1 is 1.11 bits per heavy atom. The number of unbranched alkanes of at least 4 members (excludes halogenated alkanes) is 2. The Bertz CT molecular complexity index is 818. The van der Waals surface area contributed by atoms with E-state index in [-0.39, 0.29) is 11.2 Å². The summed E-state index contributed by atoms with van der Waals surface area (Å²) in [5, 5.41) is 11.8. The normalized spacial score (nSPS) is 13.7. The summed E-state index contributed by atoms with van der Waals surface area (Å²) in [5.41, 5.74) is 1.57. The van der Waals surface area contributed by atoms with Gasteiger partial charge in [0.05, 0.1) is 0 Å². The highest BCUT2D eigenvalue weighted by Gasteiger charge is 2.25. The van der Waals surface area contributed by atoms with Gasteiger partial charge in [0, 0.05) is 0 Å². The SMILES string of the molecule is C[SiH](C)OC(=CCCCCC(c1ccc2ccccc2c1)C(C)(C)C)C(=O)O. The lowest BCUT2D eigenvalue weighted by molar-refractivity contribution is -0.135. The standard InChI is InChI=1S/C24H34O3Si/c1-24(2,3)21(20-16-15-18-11-9-10-12-19(18)17-20)13-7-6-8-14-22(23(25)26)27-28(4)5/h9-12,14-17,21,28H,6-8,13H2,1-5H3,(H,25,26). The Hall–Kier alpha value is -2.07. The fourth-order valence-electron chi connectivity index (χ4n) is 3.69. The van der Waals surface area contributed by atoms with Crippen LogP contribution >= 0.6 is 0 Å². The van der Waals surface area contributed by atoms with Gasteiger partial charge in [-0.1, -0.05) is 69.7 Å². The van der Waals surface area contributed by atoms with Crippen molar-refractivity contribution >= 4 is 25.8 Å². The molecule has 3 nitrogen and oxygen atoms in total. The summed E-state index contributed by atoms with van der Waals surface area (Å²) in [5.74, 6) is -0.354. The number of aliphatic carboxylic acids is 1. The minimum atomic E-state index is -1.39. The first-order chi connectivity index (χ1) is 13.2. The fourth-order valence-corrected chi connectivity index (χ4v) is 4.39. The number of carboxylic acids is 1. The molecule has 2 aromatic rings. The van der Waals surface area contributed by atoms with Crippen LogP contribution in [0.4, 0.5) is 0 Å². The molecule has 0 aliphatic heterocycles. The molecular formula is C24H34O3Si. The highest BCUT2D eigenvalue weighted by molar-refractivity contribution is 6.49. The summed E-state index contributed by atoms with van der Waals surface area (Å²) < 4.78 is 5.50. The second-order valence-electron chi connectivity index (χ2n) is 8.85. The van der Waals surface area contributed by atoms with E-state index in [2.05, 4.69) is 63.2 Å². The van der Waals surface area contributed by atoms with E-state index < -0.39 is 15.0 Å². The second kappa shape index (κ2) is 9.92. The first-order valence-electron chi connectivity index (χ1n) is 10.3. The number of carboxylic acid groups (broad SMARTS) is 1. The van der Waals surface area contributed by atoms with Gasteiger partial charge < -0.3 is 9.53 Å². The molecule has 0 aliphatic carbocycles. The summed E-state index contributed by atoms with van der Waals surface area (Å²) in [6.45, 7) is 10.9. The van der Waals surface area contributed by atoms with Crippen LogP contribution in [-0.2, 0) is 9.22 Å². The smallest absolute Gasteiger partial charge is 0.369 e. The first-order valence-corrected chi connectivity index (χ1v) is 13.1. The molecule has 4 heteroatoms. The van der Waals surface area contributed by atoms with Crippen LogP contribution in [-0.4, -0.2) is 20.1 Å². The molecule has 0 bridgehead atoms. The highest BCUT2D eigenvalue weighted by atomic mass is 28.3. The quantitative estimate of drug-likeness (QED) is 0.227. The summed E-state index contributed by atoms with van der Waals surface area (Å²) in [6.07, 6.45) is 5.63. The van der Waals surface area contributed by atoms with Crippen molar-refractivity contribution in [3.05, 3.63) is 59.9 Å². The van der Waals surface area contributed by atoms with Crippen LogP contribution < -0.4 is 0 Å². The van der Waals surface area contributed by atoms with Crippen molar-refractivity contribution in [2.24, 2.45) is 5.41 Å². The van der Waals surface area contributed by atoms with Gasteiger partial charge in [-0.25, -0.2) is 4.79 Å². The van der Waals surface area contributed by atoms with E-state index in [0.29, 0.717) is 5.92 Å². The van der Waals surface area contributed by atoms with Crippen molar-refractivity contribution in [3.8, 4) is 0 Å². The van der Waals surface area contributed by atoms with Gasteiger partial charge in [-0.2, -0.15) is 0 Å². The number of rotatable bonds is 9. The van der Waals surface area contributed by atoms with Crippen molar-refractivity contribution in [2.45, 2.75) is 65.5 Å². The van der Waals surface area contributed by atoms with Gasteiger partial charge in [0.25, 0.3) is 0 Å². The average molecular weight is 399 g/mol. The maximum Gasteiger partial charge on any atom is 0.369 e. The Kier molecular flexibility index (Phi) is 7.87. The zero-order valence-electron chi connectivity index (χ0n) is 17.9. The predicted octanol–water partition coefficient (Wildman–Crippen LogP) is 6.50. The van der Waals surface area contributed by atoms with Crippen molar-refractivity contribution in [1.82, 2.24) is 0 Å². The van der Waals surface area contributed by atoms with E-state index in [0.717, 1.165) is 25.7 Å². The lowest BCUT2D eigenvalue weighted by Crippen LogP contribution is -2.18. The molecule has 1 N–H and O–H groups in total. The Morgan fingerprint density at radius 3 is 2.39 bits per heavy atom. The predicted molar refractivity (Wildman–Crippen MR) is 120 cm³/mol. The summed E-state index contributed by atoms with van der Waals surface area (Å²) in [6, 6.07) is 15.3. The van der Waals surface area contributed by atoms with Crippen LogP contribution in [0.5, 0.6) is 0 Å². The summed E-state index contributed by atoms with van der Waals surface area (Å²) >= 11 is 0. The molecule has 0 spiro atoms. The largest absolute Gasteiger partial charge is 0.542 e. The number of fused-ring (bicyclic) bond motifs is 1. The van der Waals surface area contributed by atoms with Crippen LogP contribution in [0, 0.1) is 5.41 Å². The van der Waals surface area contributed by atoms with Crippen molar-refractivity contribution in [1.29, 1.82) is 0 Å². The van der Waals surface area contributed by atoms with Gasteiger partial charge in [0.1, 0.15) is 0 Å². The number of hydrogen-bond acceptors (Lipinski definition) is 2.